The van der Waals surface area contributed by atoms with Crippen molar-refractivity contribution in [1.29, 1.82) is 0 Å². The first-order valence-corrected chi connectivity index (χ1v) is 11.0. The standard InChI is InChI=1S/C26H25N5O2/c1-18-7-6-13-31-17-21(27-25(18)31)15-24(32)30-14-12-22-19(16-30)8-5-11-23(22)29-26(33)28-20-9-3-2-4-10-20/h2-11,13,17H,12,14-16H2,1H3,(H2,28,29,33). The van der Waals surface area contributed by atoms with E-state index in [9.17, 15) is 9.59 Å². The molecule has 7 heteroatoms. The Morgan fingerprint density at radius 1 is 1.00 bits per heavy atom. The van der Waals surface area contributed by atoms with E-state index in [0.29, 0.717) is 19.5 Å². The van der Waals surface area contributed by atoms with Crippen LogP contribution in [-0.2, 0) is 24.2 Å². The van der Waals surface area contributed by atoms with Crippen LogP contribution < -0.4 is 10.6 Å². The minimum absolute atomic E-state index is 0.0573. The summed E-state index contributed by atoms with van der Waals surface area (Å²) in [6, 6.07) is 18.9. The topological polar surface area (TPSA) is 78.7 Å². The van der Waals surface area contributed by atoms with E-state index in [4.69, 9.17) is 0 Å². The molecule has 0 spiro atoms. The van der Waals surface area contributed by atoms with Crippen molar-refractivity contribution in [3.8, 4) is 0 Å². The molecule has 1 aliphatic rings. The molecule has 33 heavy (non-hydrogen) atoms. The van der Waals surface area contributed by atoms with Crippen LogP contribution in [-0.4, -0.2) is 32.8 Å². The van der Waals surface area contributed by atoms with E-state index in [1.165, 1.54) is 0 Å². The van der Waals surface area contributed by atoms with Crippen molar-refractivity contribution in [3.05, 3.63) is 95.4 Å². The molecule has 3 amide bonds. The van der Waals surface area contributed by atoms with Crippen LogP contribution in [0.2, 0.25) is 0 Å². The monoisotopic (exact) mass is 439 g/mol. The fourth-order valence-electron chi connectivity index (χ4n) is 4.30. The zero-order chi connectivity index (χ0) is 22.8. The Hall–Kier alpha value is -4.13. The highest BCUT2D eigenvalue weighted by Crippen LogP contribution is 2.27. The number of urea groups is 1. The highest BCUT2D eigenvalue weighted by Gasteiger charge is 2.23. The van der Waals surface area contributed by atoms with E-state index in [0.717, 1.165) is 39.4 Å². The summed E-state index contributed by atoms with van der Waals surface area (Å²) in [5, 5.41) is 5.80. The number of hydrogen-bond donors (Lipinski definition) is 2. The Labute approximate surface area is 192 Å². The first kappa shape index (κ1) is 20.8. The maximum Gasteiger partial charge on any atom is 0.323 e. The molecule has 2 N–H and O–H groups in total. The number of anilines is 2. The van der Waals surface area contributed by atoms with Crippen LogP contribution in [0.25, 0.3) is 5.65 Å². The molecule has 2 aromatic heterocycles. The van der Waals surface area contributed by atoms with Crippen molar-refractivity contribution in [1.82, 2.24) is 14.3 Å². The summed E-state index contributed by atoms with van der Waals surface area (Å²) in [6.07, 6.45) is 4.83. The van der Waals surface area contributed by atoms with E-state index < -0.39 is 0 Å². The normalized spacial score (nSPS) is 12.9. The molecular formula is C26H25N5O2. The Morgan fingerprint density at radius 2 is 1.85 bits per heavy atom. The molecule has 0 unspecified atom stereocenters. The number of aromatic nitrogens is 2. The molecule has 0 saturated carbocycles. The lowest BCUT2D eigenvalue weighted by molar-refractivity contribution is -0.131. The number of hydrogen-bond acceptors (Lipinski definition) is 3. The van der Waals surface area contributed by atoms with Crippen LogP contribution in [0.15, 0.2) is 73.1 Å². The summed E-state index contributed by atoms with van der Waals surface area (Å²) in [4.78, 5) is 31.9. The number of nitrogens with one attached hydrogen (secondary N) is 2. The van der Waals surface area contributed by atoms with Gasteiger partial charge in [0.05, 0.1) is 12.1 Å². The molecule has 1 aliphatic heterocycles. The third-order valence-electron chi connectivity index (χ3n) is 5.96. The molecule has 5 rings (SSSR count). The SMILES string of the molecule is Cc1cccn2cc(CC(=O)N3CCc4c(cccc4NC(=O)Nc4ccccc4)C3)nc12. The fourth-order valence-corrected chi connectivity index (χ4v) is 4.30. The quantitative estimate of drug-likeness (QED) is 0.494. The summed E-state index contributed by atoms with van der Waals surface area (Å²) in [5.74, 6) is 0.0573. The van der Waals surface area contributed by atoms with E-state index in [1.807, 2.05) is 89.3 Å². The van der Waals surface area contributed by atoms with Gasteiger partial charge in [-0.25, -0.2) is 9.78 Å². The third kappa shape index (κ3) is 4.43. The van der Waals surface area contributed by atoms with Crippen LogP contribution in [0.5, 0.6) is 0 Å². The summed E-state index contributed by atoms with van der Waals surface area (Å²) < 4.78 is 1.96. The molecule has 0 fully saturated rings. The largest absolute Gasteiger partial charge is 0.338 e. The summed E-state index contributed by atoms with van der Waals surface area (Å²) in [6.45, 7) is 3.15. The van der Waals surface area contributed by atoms with Gasteiger partial charge in [0.2, 0.25) is 5.91 Å². The average Bonchev–Trinajstić information content (AvgIpc) is 3.23. The second kappa shape index (κ2) is 8.78. The predicted molar refractivity (Wildman–Crippen MR) is 128 cm³/mol. The van der Waals surface area contributed by atoms with Crippen LogP contribution >= 0.6 is 0 Å². The minimum Gasteiger partial charge on any atom is -0.338 e. The van der Waals surface area contributed by atoms with Crippen molar-refractivity contribution in [2.45, 2.75) is 26.3 Å². The van der Waals surface area contributed by atoms with E-state index in [1.54, 1.807) is 0 Å². The number of nitrogens with zero attached hydrogens (tertiary/aromatic N) is 3. The number of amides is 3. The summed E-state index contributed by atoms with van der Waals surface area (Å²) in [7, 11) is 0. The molecular weight excluding hydrogens is 414 g/mol. The molecule has 2 aromatic carbocycles. The molecule has 0 saturated heterocycles. The smallest absolute Gasteiger partial charge is 0.323 e. The Bertz CT molecular complexity index is 1330. The van der Waals surface area contributed by atoms with E-state index in [2.05, 4.69) is 15.6 Å². The number of aryl methyl sites for hydroxylation is 1. The fraction of sp³-hybridized carbons (Fsp3) is 0.192. The van der Waals surface area contributed by atoms with Gasteiger partial charge in [-0.2, -0.15) is 0 Å². The van der Waals surface area contributed by atoms with Crippen molar-refractivity contribution in [2.24, 2.45) is 0 Å². The van der Waals surface area contributed by atoms with Crippen molar-refractivity contribution in [2.75, 3.05) is 17.2 Å². The first-order chi connectivity index (χ1) is 16.1. The second-order valence-corrected chi connectivity index (χ2v) is 8.28. The lowest BCUT2D eigenvalue weighted by Crippen LogP contribution is -2.37. The molecule has 0 atom stereocenters. The second-order valence-electron chi connectivity index (χ2n) is 8.28. The van der Waals surface area contributed by atoms with Crippen molar-refractivity contribution in [3.63, 3.8) is 0 Å². The number of para-hydroxylation sites is 1. The van der Waals surface area contributed by atoms with Crippen LogP contribution in [0.1, 0.15) is 22.4 Å². The maximum atomic E-state index is 13.0. The zero-order valence-corrected chi connectivity index (χ0v) is 18.4. The van der Waals surface area contributed by atoms with Gasteiger partial charge in [-0.1, -0.05) is 36.4 Å². The highest BCUT2D eigenvalue weighted by atomic mass is 16.2. The van der Waals surface area contributed by atoms with Crippen molar-refractivity contribution < 1.29 is 9.59 Å². The van der Waals surface area contributed by atoms with Gasteiger partial charge in [-0.15, -0.1) is 0 Å². The zero-order valence-electron chi connectivity index (χ0n) is 18.4. The molecule has 4 aromatic rings. The molecule has 0 radical (unpaired) electrons. The molecule has 0 aliphatic carbocycles. The van der Waals surface area contributed by atoms with Crippen LogP contribution in [0.3, 0.4) is 0 Å². The van der Waals surface area contributed by atoms with Gasteiger partial charge < -0.3 is 19.9 Å². The minimum atomic E-state index is -0.282. The number of carbonyl (C=O) groups is 2. The van der Waals surface area contributed by atoms with E-state index >= 15 is 0 Å². The van der Waals surface area contributed by atoms with Gasteiger partial charge in [0, 0.05) is 36.9 Å². The summed E-state index contributed by atoms with van der Waals surface area (Å²) in [5.41, 5.74) is 6.38. The predicted octanol–water partition coefficient (Wildman–Crippen LogP) is 4.41. The van der Waals surface area contributed by atoms with Crippen molar-refractivity contribution >= 4 is 29.0 Å². The number of imidazole rings is 1. The van der Waals surface area contributed by atoms with Gasteiger partial charge in [0.1, 0.15) is 5.65 Å². The van der Waals surface area contributed by atoms with Gasteiger partial charge >= 0.3 is 6.03 Å². The molecule has 0 bridgehead atoms. The Morgan fingerprint density at radius 3 is 2.67 bits per heavy atom. The van der Waals surface area contributed by atoms with Crippen LogP contribution in [0.4, 0.5) is 16.2 Å². The highest BCUT2D eigenvalue weighted by molar-refractivity contribution is 6.00. The number of rotatable bonds is 4. The third-order valence-corrected chi connectivity index (χ3v) is 5.96. The van der Waals surface area contributed by atoms with Gasteiger partial charge in [0.25, 0.3) is 0 Å². The summed E-state index contributed by atoms with van der Waals surface area (Å²) >= 11 is 0. The maximum absolute atomic E-state index is 13.0. The average molecular weight is 440 g/mol. The van der Waals surface area contributed by atoms with E-state index in [-0.39, 0.29) is 18.4 Å². The Kier molecular flexibility index (Phi) is 5.52. The number of pyridine rings is 1. The van der Waals surface area contributed by atoms with Gasteiger partial charge in [0.15, 0.2) is 0 Å². The molecule has 166 valence electrons. The number of benzene rings is 2. The van der Waals surface area contributed by atoms with Crippen LogP contribution in [0, 0.1) is 6.92 Å². The number of fused-ring (bicyclic) bond motifs is 2. The number of carbonyl (C=O) groups excluding carboxylic acids is 2. The first-order valence-electron chi connectivity index (χ1n) is 11.0. The lowest BCUT2D eigenvalue weighted by atomic mass is 9.97. The van der Waals surface area contributed by atoms with Gasteiger partial charge in [-0.05, 0) is 54.3 Å². The molecule has 7 nitrogen and oxygen atoms in total. The molecule has 3 heterocycles. The van der Waals surface area contributed by atoms with Gasteiger partial charge in [-0.3, -0.25) is 4.79 Å². The Balaban J connectivity index is 1.26. The lowest BCUT2D eigenvalue weighted by Gasteiger charge is -2.30.